The molecule has 0 bridgehead atoms. The summed E-state index contributed by atoms with van der Waals surface area (Å²) in [5.74, 6) is 3.18. The summed E-state index contributed by atoms with van der Waals surface area (Å²) in [5, 5.41) is 4.45. The maximum absolute atomic E-state index is 6.28. The summed E-state index contributed by atoms with van der Waals surface area (Å²) in [7, 11) is 0. The average molecular weight is 335 g/mol. The summed E-state index contributed by atoms with van der Waals surface area (Å²) in [4.78, 5) is 0. The molecule has 2 unspecified atom stereocenters. The molecule has 1 aliphatic heterocycles. The fourth-order valence-electron chi connectivity index (χ4n) is 2.26. The number of rotatable bonds is 4. The minimum Gasteiger partial charge on any atom is -0.313 e. The van der Waals surface area contributed by atoms with Gasteiger partial charge in [0, 0.05) is 21.3 Å². The molecule has 1 aromatic carbocycles. The Hall–Kier alpha value is 0.300. The zero-order valence-corrected chi connectivity index (χ0v) is 13.0. The second kappa shape index (κ2) is 6.46. The molecule has 0 aliphatic carbocycles. The van der Waals surface area contributed by atoms with Crippen LogP contribution in [0.25, 0.3) is 0 Å². The third kappa shape index (κ3) is 3.63. The van der Waals surface area contributed by atoms with Gasteiger partial charge in [0.15, 0.2) is 0 Å². The van der Waals surface area contributed by atoms with Crippen molar-refractivity contribution in [1.82, 2.24) is 5.32 Å². The molecule has 2 atom stereocenters. The Morgan fingerprint density at radius 3 is 3.00 bits per heavy atom. The molecule has 1 saturated heterocycles. The summed E-state index contributed by atoms with van der Waals surface area (Å²) >= 11 is 11.8. The maximum atomic E-state index is 6.28. The lowest BCUT2D eigenvalue weighted by molar-refractivity contribution is 0.434. The number of halogens is 2. The highest BCUT2D eigenvalue weighted by Crippen LogP contribution is 2.30. The Labute approximate surface area is 121 Å². The van der Waals surface area contributed by atoms with Gasteiger partial charge in [0.05, 0.1) is 0 Å². The van der Waals surface area contributed by atoms with Crippen molar-refractivity contribution in [2.75, 3.05) is 18.1 Å². The SMILES string of the molecule is CCNC1CSCC1Cc1ccc(Br)cc1Cl. The van der Waals surface area contributed by atoms with Crippen molar-refractivity contribution in [3.8, 4) is 0 Å². The van der Waals surface area contributed by atoms with Crippen LogP contribution < -0.4 is 5.32 Å². The van der Waals surface area contributed by atoms with Gasteiger partial charge in [-0.05, 0) is 42.3 Å². The van der Waals surface area contributed by atoms with Crippen LogP contribution in [0.5, 0.6) is 0 Å². The fraction of sp³-hybridized carbons (Fsp3) is 0.538. The van der Waals surface area contributed by atoms with Gasteiger partial charge in [0.2, 0.25) is 0 Å². The smallest absolute Gasteiger partial charge is 0.0449 e. The highest BCUT2D eigenvalue weighted by Gasteiger charge is 2.27. The molecule has 1 aliphatic rings. The summed E-state index contributed by atoms with van der Waals surface area (Å²) in [5.41, 5.74) is 1.27. The van der Waals surface area contributed by atoms with Gasteiger partial charge in [-0.1, -0.05) is 40.5 Å². The molecule has 1 heterocycles. The molecule has 1 nitrogen and oxygen atoms in total. The van der Waals surface area contributed by atoms with Crippen LogP contribution in [0, 0.1) is 5.92 Å². The molecule has 94 valence electrons. The van der Waals surface area contributed by atoms with Crippen LogP contribution in [0.1, 0.15) is 12.5 Å². The highest BCUT2D eigenvalue weighted by molar-refractivity contribution is 9.10. The average Bonchev–Trinajstić information content (AvgIpc) is 2.71. The van der Waals surface area contributed by atoms with Gasteiger partial charge in [-0.15, -0.1) is 0 Å². The van der Waals surface area contributed by atoms with Crippen LogP contribution in [-0.2, 0) is 6.42 Å². The van der Waals surface area contributed by atoms with E-state index in [0.717, 1.165) is 22.5 Å². The maximum Gasteiger partial charge on any atom is 0.0449 e. The minimum atomic E-state index is 0.643. The third-order valence-electron chi connectivity index (χ3n) is 3.16. The Kier molecular flexibility index (Phi) is 5.22. The monoisotopic (exact) mass is 333 g/mol. The van der Waals surface area contributed by atoms with Crippen molar-refractivity contribution in [3.05, 3.63) is 33.3 Å². The number of thioether (sulfide) groups is 1. The predicted molar refractivity (Wildman–Crippen MR) is 81.1 cm³/mol. The second-order valence-corrected chi connectivity index (χ2v) is 6.80. The summed E-state index contributed by atoms with van der Waals surface area (Å²) in [6.45, 7) is 3.22. The molecular weight excluding hydrogens is 318 g/mol. The normalized spacial score (nSPS) is 24.2. The van der Waals surface area contributed by atoms with E-state index in [0.29, 0.717) is 12.0 Å². The summed E-state index contributed by atoms with van der Waals surface area (Å²) in [6.07, 6.45) is 1.08. The number of hydrogen-bond donors (Lipinski definition) is 1. The molecule has 1 N–H and O–H groups in total. The van der Waals surface area contributed by atoms with Crippen LogP contribution in [0.3, 0.4) is 0 Å². The lowest BCUT2D eigenvalue weighted by Gasteiger charge is -2.20. The number of benzene rings is 1. The van der Waals surface area contributed by atoms with E-state index in [9.17, 15) is 0 Å². The van der Waals surface area contributed by atoms with Crippen LogP contribution in [0.15, 0.2) is 22.7 Å². The molecule has 1 aromatic rings. The van der Waals surface area contributed by atoms with E-state index in [-0.39, 0.29) is 0 Å². The van der Waals surface area contributed by atoms with Crippen molar-refractivity contribution in [1.29, 1.82) is 0 Å². The fourth-order valence-corrected chi connectivity index (χ4v) is 4.44. The predicted octanol–water partition coefficient (Wildman–Crippen LogP) is 3.99. The van der Waals surface area contributed by atoms with Crippen molar-refractivity contribution in [3.63, 3.8) is 0 Å². The van der Waals surface area contributed by atoms with Gasteiger partial charge in [-0.2, -0.15) is 11.8 Å². The largest absolute Gasteiger partial charge is 0.313 e. The first-order valence-corrected chi connectivity index (χ1v) is 8.28. The van der Waals surface area contributed by atoms with Crippen LogP contribution in [0.2, 0.25) is 5.02 Å². The first kappa shape index (κ1) is 13.7. The molecule has 0 spiro atoms. The topological polar surface area (TPSA) is 12.0 Å². The highest BCUT2D eigenvalue weighted by atomic mass is 79.9. The van der Waals surface area contributed by atoms with E-state index < -0.39 is 0 Å². The minimum absolute atomic E-state index is 0.643. The van der Waals surface area contributed by atoms with Crippen LogP contribution >= 0.6 is 39.3 Å². The zero-order valence-electron chi connectivity index (χ0n) is 9.88. The first-order chi connectivity index (χ1) is 8.20. The summed E-state index contributed by atoms with van der Waals surface area (Å²) < 4.78 is 1.05. The molecule has 0 radical (unpaired) electrons. The molecule has 0 saturated carbocycles. The van der Waals surface area contributed by atoms with E-state index in [1.807, 2.05) is 17.8 Å². The molecule has 1 fully saturated rings. The standard InChI is InChI=1S/C13H17BrClNS/c1-2-16-13-8-17-7-10(13)5-9-3-4-11(14)6-12(9)15/h3-4,6,10,13,16H,2,5,7-8H2,1H3. The molecule has 17 heavy (non-hydrogen) atoms. The van der Waals surface area contributed by atoms with Crippen molar-refractivity contribution >= 4 is 39.3 Å². The van der Waals surface area contributed by atoms with Gasteiger partial charge in [-0.25, -0.2) is 0 Å². The Bertz CT molecular complexity index is 386. The van der Waals surface area contributed by atoms with E-state index in [1.165, 1.54) is 17.1 Å². The van der Waals surface area contributed by atoms with Crippen LogP contribution in [0.4, 0.5) is 0 Å². The quantitative estimate of drug-likeness (QED) is 0.893. The van der Waals surface area contributed by atoms with Crippen molar-refractivity contribution in [2.45, 2.75) is 19.4 Å². The summed E-state index contributed by atoms with van der Waals surface area (Å²) in [6, 6.07) is 6.84. The van der Waals surface area contributed by atoms with Gasteiger partial charge in [0.25, 0.3) is 0 Å². The Morgan fingerprint density at radius 2 is 2.29 bits per heavy atom. The molecular formula is C13H17BrClNS. The van der Waals surface area contributed by atoms with Crippen LogP contribution in [-0.4, -0.2) is 24.1 Å². The van der Waals surface area contributed by atoms with Crippen molar-refractivity contribution < 1.29 is 0 Å². The van der Waals surface area contributed by atoms with E-state index in [1.54, 1.807) is 0 Å². The van der Waals surface area contributed by atoms with Gasteiger partial charge in [-0.3, -0.25) is 0 Å². The third-order valence-corrected chi connectivity index (χ3v) is 5.27. The van der Waals surface area contributed by atoms with E-state index in [4.69, 9.17) is 11.6 Å². The van der Waals surface area contributed by atoms with Gasteiger partial charge >= 0.3 is 0 Å². The second-order valence-electron chi connectivity index (χ2n) is 4.40. The Balaban J connectivity index is 2.04. The molecule has 2 rings (SSSR count). The molecule has 0 aromatic heterocycles. The first-order valence-electron chi connectivity index (χ1n) is 5.95. The van der Waals surface area contributed by atoms with Crippen molar-refractivity contribution in [2.24, 2.45) is 5.92 Å². The van der Waals surface area contributed by atoms with E-state index in [2.05, 4.69) is 40.3 Å². The lowest BCUT2D eigenvalue weighted by atomic mass is 9.95. The Morgan fingerprint density at radius 1 is 1.47 bits per heavy atom. The molecule has 4 heteroatoms. The lowest BCUT2D eigenvalue weighted by Crippen LogP contribution is -2.36. The number of hydrogen-bond acceptors (Lipinski definition) is 2. The molecule has 0 amide bonds. The number of nitrogens with one attached hydrogen (secondary N) is 1. The van der Waals surface area contributed by atoms with E-state index >= 15 is 0 Å². The zero-order chi connectivity index (χ0) is 12.3. The van der Waals surface area contributed by atoms with Gasteiger partial charge in [0.1, 0.15) is 0 Å². The van der Waals surface area contributed by atoms with Gasteiger partial charge < -0.3 is 5.32 Å².